The van der Waals surface area contributed by atoms with Gasteiger partial charge in [0.05, 0.1) is 5.92 Å². The summed E-state index contributed by atoms with van der Waals surface area (Å²) >= 11 is 0. The molecule has 10 unspecified atom stereocenters. The summed E-state index contributed by atoms with van der Waals surface area (Å²) in [6.45, 7) is 9.26. The van der Waals surface area contributed by atoms with E-state index in [0.717, 1.165) is 41.4 Å². The first-order valence-corrected chi connectivity index (χ1v) is 8.64. The SMILES string of the molecule is CC1C(C)C2CC1C1C3CC(C21)C1C3C(=O)OC1(C)C. The largest absolute Gasteiger partial charge is 0.459 e. The van der Waals surface area contributed by atoms with Gasteiger partial charge in [0.25, 0.3) is 0 Å². The fourth-order valence-corrected chi connectivity index (χ4v) is 7.91. The molecule has 0 aromatic rings. The molecule has 0 spiro atoms. The average Bonchev–Trinajstić information content (AvgIpc) is 3.08. The Kier molecular flexibility index (Phi) is 1.98. The van der Waals surface area contributed by atoms with Crippen LogP contribution in [0, 0.1) is 59.2 Å². The van der Waals surface area contributed by atoms with Gasteiger partial charge in [0.2, 0.25) is 0 Å². The molecule has 1 saturated heterocycles. The maximum Gasteiger partial charge on any atom is 0.310 e. The van der Waals surface area contributed by atoms with E-state index in [1.807, 2.05) is 0 Å². The molecule has 20 heavy (non-hydrogen) atoms. The highest BCUT2D eigenvalue weighted by atomic mass is 16.6. The van der Waals surface area contributed by atoms with Crippen LogP contribution in [0.2, 0.25) is 0 Å². The van der Waals surface area contributed by atoms with Crippen molar-refractivity contribution in [3.05, 3.63) is 0 Å². The summed E-state index contributed by atoms with van der Waals surface area (Å²) in [5.41, 5.74) is -0.206. The molecule has 2 nitrogen and oxygen atoms in total. The van der Waals surface area contributed by atoms with E-state index in [2.05, 4.69) is 27.7 Å². The van der Waals surface area contributed by atoms with Crippen molar-refractivity contribution in [1.29, 1.82) is 0 Å². The summed E-state index contributed by atoms with van der Waals surface area (Å²) in [6, 6.07) is 0. The Bertz CT molecular complexity index is 496. The Morgan fingerprint density at radius 2 is 1.50 bits per heavy atom. The molecule has 0 radical (unpaired) electrons. The Labute approximate surface area is 121 Å². The lowest BCUT2D eigenvalue weighted by molar-refractivity contribution is -0.150. The van der Waals surface area contributed by atoms with Crippen molar-refractivity contribution in [3.8, 4) is 0 Å². The van der Waals surface area contributed by atoms with Gasteiger partial charge in [0.15, 0.2) is 0 Å². The van der Waals surface area contributed by atoms with Crippen LogP contribution in [0.5, 0.6) is 0 Å². The second-order valence-electron chi connectivity index (χ2n) is 9.08. The molecule has 4 aliphatic carbocycles. The van der Waals surface area contributed by atoms with Gasteiger partial charge in [-0.05, 0) is 74.0 Å². The van der Waals surface area contributed by atoms with Crippen molar-refractivity contribution in [1.82, 2.24) is 0 Å². The molecule has 0 aromatic carbocycles. The van der Waals surface area contributed by atoms with E-state index >= 15 is 0 Å². The second kappa shape index (κ2) is 3.28. The molecule has 1 aliphatic heterocycles. The van der Waals surface area contributed by atoms with Crippen molar-refractivity contribution in [2.24, 2.45) is 59.2 Å². The summed E-state index contributed by atoms with van der Waals surface area (Å²) in [6.07, 6.45) is 2.79. The Morgan fingerprint density at radius 1 is 0.950 bits per heavy atom. The molecule has 5 rings (SSSR count). The number of hydrogen-bond donors (Lipinski definition) is 0. The lowest BCUT2D eigenvalue weighted by atomic mass is 9.58. The number of esters is 1. The summed E-state index contributed by atoms with van der Waals surface area (Å²) in [7, 11) is 0. The second-order valence-corrected chi connectivity index (χ2v) is 9.08. The highest BCUT2D eigenvalue weighted by Crippen LogP contribution is 2.75. The third-order valence-electron chi connectivity index (χ3n) is 8.44. The smallest absolute Gasteiger partial charge is 0.310 e. The van der Waals surface area contributed by atoms with Gasteiger partial charge in [0, 0.05) is 5.92 Å². The Morgan fingerprint density at radius 3 is 2.15 bits per heavy atom. The fourth-order valence-electron chi connectivity index (χ4n) is 7.91. The van der Waals surface area contributed by atoms with E-state index in [1.165, 1.54) is 12.8 Å². The molecule has 2 heteroatoms. The van der Waals surface area contributed by atoms with Crippen molar-refractivity contribution in [2.75, 3.05) is 0 Å². The molecule has 110 valence electrons. The number of rotatable bonds is 0. The molecule has 10 atom stereocenters. The summed E-state index contributed by atoms with van der Waals surface area (Å²) in [4.78, 5) is 12.4. The van der Waals surface area contributed by atoms with Crippen LogP contribution < -0.4 is 0 Å². The molecule has 0 amide bonds. The summed E-state index contributed by atoms with van der Waals surface area (Å²) in [5.74, 6) is 7.76. The summed E-state index contributed by atoms with van der Waals surface area (Å²) < 4.78 is 5.77. The van der Waals surface area contributed by atoms with Crippen LogP contribution in [0.15, 0.2) is 0 Å². The predicted molar refractivity (Wildman–Crippen MR) is 75.7 cm³/mol. The van der Waals surface area contributed by atoms with Crippen molar-refractivity contribution in [2.45, 2.75) is 46.1 Å². The Balaban J connectivity index is 1.58. The number of cyclic esters (lactones) is 1. The first kappa shape index (κ1) is 12.1. The van der Waals surface area contributed by atoms with Crippen molar-refractivity contribution >= 4 is 5.97 Å². The highest BCUT2D eigenvalue weighted by Gasteiger charge is 2.74. The molecular weight excluding hydrogens is 248 g/mol. The lowest BCUT2D eigenvalue weighted by Crippen LogP contribution is -2.45. The lowest BCUT2D eigenvalue weighted by Gasteiger charge is -2.45. The van der Waals surface area contributed by atoms with Gasteiger partial charge in [-0.25, -0.2) is 0 Å². The maximum absolute atomic E-state index is 12.4. The van der Waals surface area contributed by atoms with Gasteiger partial charge in [-0.3, -0.25) is 4.79 Å². The van der Waals surface area contributed by atoms with Gasteiger partial charge >= 0.3 is 5.97 Å². The van der Waals surface area contributed by atoms with Gasteiger partial charge in [-0.2, -0.15) is 0 Å². The maximum atomic E-state index is 12.4. The third kappa shape index (κ3) is 1.07. The van der Waals surface area contributed by atoms with Crippen LogP contribution in [-0.4, -0.2) is 11.6 Å². The first-order valence-electron chi connectivity index (χ1n) is 8.64. The van der Waals surface area contributed by atoms with Gasteiger partial charge in [0.1, 0.15) is 5.60 Å². The van der Waals surface area contributed by atoms with Crippen molar-refractivity contribution in [3.63, 3.8) is 0 Å². The molecule has 4 bridgehead atoms. The number of carbonyl (C=O) groups is 1. The molecule has 4 saturated carbocycles. The average molecular weight is 274 g/mol. The van der Waals surface area contributed by atoms with Crippen LogP contribution in [0.3, 0.4) is 0 Å². The zero-order valence-corrected chi connectivity index (χ0v) is 13.0. The van der Waals surface area contributed by atoms with Gasteiger partial charge in [-0.1, -0.05) is 13.8 Å². The van der Waals surface area contributed by atoms with E-state index < -0.39 is 0 Å². The molecular formula is C18H26O2. The van der Waals surface area contributed by atoms with Crippen molar-refractivity contribution < 1.29 is 9.53 Å². The van der Waals surface area contributed by atoms with Crippen LogP contribution in [0.25, 0.3) is 0 Å². The first-order chi connectivity index (χ1) is 9.42. The fraction of sp³-hybridized carbons (Fsp3) is 0.944. The normalized spacial score (nSPS) is 64.5. The minimum absolute atomic E-state index is 0.134. The third-order valence-corrected chi connectivity index (χ3v) is 8.44. The molecule has 0 aromatic heterocycles. The number of fused-ring (bicyclic) bond motifs is 12. The minimum atomic E-state index is -0.206. The zero-order valence-electron chi connectivity index (χ0n) is 13.0. The van der Waals surface area contributed by atoms with Gasteiger partial charge < -0.3 is 4.74 Å². The monoisotopic (exact) mass is 274 g/mol. The standard InChI is InChI=1S/C18H26O2/c1-7-8(2)10-5-9(7)13-11-6-12(14(10)13)16-15(11)17(19)20-18(16,3)4/h7-16H,5-6H2,1-4H3. The van der Waals surface area contributed by atoms with Crippen LogP contribution in [-0.2, 0) is 9.53 Å². The molecule has 1 heterocycles. The van der Waals surface area contributed by atoms with E-state index in [0.29, 0.717) is 11.8 Å². The number of ether oxygens (including phenoxy) is 1. The van der Waals surface area contributed by atoms with E-state index in [9.17, 15) is 4.79 Å². The topological polar surface area (TPSA) is 26.3 Å². The molecule has 5 fully saturated rings. The Hall–Kier alpha value is -0.530. The van der Waals surface area contributed by atoms with Crippen LogP contribution in [0.4, 0.5) is 0 Å². The van der Waals surface area contributed by atoms with E-state index in [-0.39, 0.29) is 17.5 Å². The van der Waals surface area contributed by atoms with E-state index in [4.69, 9.17) is 4.74 Å². The van der Waals surface area contributed by atoms with Crippen LogP contribution >= 0.6 is 0 Å². The zero-order chi connectivity index (χ0) is 14.0. The summed E-state index contributed by atoms with van der Waals surface area (Å²) in [5, 5.41) is 0. The van der Waals surface area contributed by atoms with E-state index in [1.54, 1.807) is 0 Å². The predicted octanol–water partition coefficient (Wildman–Crippen LogP) is 3.36. The number of carbonyl (C=O) groups excluding carboxylic acids is 1. The van der Waals surface area contributed by atoms with Crippen LogP contribution in [0.1, 0.15) is 40.5 Å². The highest BCUT2D eigenvalue weighted by molar-refractivity contribution is 5.77. The molecule has 0 N–H and O–H groups in total. The minimum Gasteiger partial charge on any atom is -0.459 e. The van der Waals surface area contributed by atoms with Gasteiger partial charge in [-0.15, -0.1) is 0 Å². The molecule has 5 aliphatic rings. The quantitative estimate of drug-likeness (QED) is 0.500. The number of hydrogen-bond acceptors (Lipinski definition) is 2.